The number of hydrogen-bond acceptors (Lipinski definition) is 5. The highest BCUT2D eigenvalue weighted by Crippen LogP contribution is 2.33. The maximum Gasteiger partial charge on any atom is 0.322 e. The van der Waals surface area contributed by atoms with Crippen molar-refractivity contribution in [1.29, 1.82) is 0 Å². The fourth-order valence-corrected chi connectivity index (χ4v) is 3.76. The van der Waals surface area contributed by atoms with E-state index in [9.17, 15) is 14.0 Å². The van der Waals surface area contributed by atoms with E-state index in [1.807, 2.05) is 26.0 Å². The number of benzene rings is 2. The number of ether oxygens (including phenoxy) is 2. The third-order valence-corrected chi connectivity index (χ3v) is 5.40. The van der Waals surface area contributed by atoms with Gasteiger partial charge in [-0.1, -0.05) is 32.0 Å². The summed E-state index contributed by atoms with van der Waals surface area (Å²) in [6, 6.07) is 14.4. The maximum absolute atomic E-state index is 14.1. The average molecular weight is 482 g/mol. The van der Waals surface area contributed by atoms with Gasteiger partial charge in [0, 0.05) is 13.1 Å². The molecule has 1 aromatic heterocycles. The van der Waals surface area contributed by atoms with E-state index in [1.165, 1.54) is 17.0 Å². The molecule has 0 saturated carbocycles. The molecule has 0 fully saturated rings. The smallest absolute Gasteiger partial charge is 0.322 e. The summed E-state index contributed by atoms with van der Waals surface area (Å²) < 4.78 is 30.4. The van der Waals surface area contributed by atoms with Crippen LogP contribution in [0.3, 0.4) is 0 Å². The fourth-order valence-electron chi connectivity index (χ4n) is 3.76. The summed E-state index contributed by atoms with van der Waals surface area (Å²) in [5.41, 5.74) is 0.909. The highest BCUT2D eigenvalue weighted by atomic mass is 19.1. The minimum Gasteiger partial charge on any atom is -0.467 e. The Morgan fingerprint density at radius 2 is 1.80 bits per heavy atom. The Bertz CT molecular complexity index is 1170. The zero-order chi connectivity index (χ0) is 24.8. The maximum atomic E-state index is 14.1. The quantitative estimate of drug-likeness (QED) is 0.472. The van der Waals surface area contributed by atoms with Gasteiger partial charge >= 0.3 is 6.03 Å². The minimum atomic E-state index is -0.543. The van der Waals surface area contributed by atoms with Crippen LogP contribution >= 0.6 is 0 Å². The molecule has 0 radical (unpaired) electrons. The molecule has 0 atom stereocenters. The Morgan fingerprint density at radius 1 is 1.00 bits per heavy atom. The number of nitrogens with zero attached hydrogens (tertiary/aromatic N) is 2. The highest BCUT2D eigenvalue weighted by molar-refractivity contribution is 5.92. The first kappa shape index (κ1) is 24.1. The molecule has 0 aliphatic carbocycles. The van der Waals surface area contributed by atoms with E-state index < -0.39 is 11.8 Å². The van der Waals surface area contributed by atoms with Gasteiger partial charge in [-0.3, -0.25) is 4.79 Å². The van der Waals surface area contributed by atoms with Crippen LogP contribution in [0.1, 0.15) is 25.2 Å². The van der Waals surface area contributed by atoms with Gasteiger partial charge in [0.25, 0.3) is 0 Å². The summed E-state index contributed by atoms with van der Waals surface area (Å²) in [5, 5.41) is 2.58. The summed E-state index contributed by atoms with van der Waals surface area (Å²) in [6.45, 7) is 4.71. The SMILES string of the molecule is CC(C)CN(CC(=O)N(Cc1ccc2c(c1)OCO2)Cc1ccco1)C(=O)Nc1ccccc1F. The van der Waals surface area contributed by atoms with E-state index in [1.54, 1.807) is 41.5 Å². The lowest BCUT2D eigenvalue weighted by Crippen LogP contribution is -2.45. The van der Waals surface area contributed by atoms with Crippen LogP contribution in [0.2, 0.25) is 0 Å². The molecule has 8 nitrogen and oxygen atoms in total. The van der Waals surface area contributed by atoms with Crippen molar-refractivity contribution in [3.05, 3.63) is 78.0 Å². The molecule has 1 N–H and O–H groups in total. The summed E-state index contributed by atoms with van der Waals surface area (Å²) in [4.78, 5) is 29.5. The van der Waals surface area contributed by atoms with Gasteiger partial charge < -0.3 is 29.0 Å². The number of carbonyl (C=O) groups excluding carboxylic acids is 2. The van der Waals surface area contributed by atoms with E-state index in [4.69, 9.17) is 13.9 Å². The molecule has 2 heterocycles. The second-order valence-electron chi connectivity index (χ2n) is 8.70. The first-order valence-electron chi connectivity index (χ1n) is 11.4. The van der Waals surface area contributed by atoms with Crippen LogP contribution < -0.4 is 14.8 Å². The first-order valence-corrected chi connectivity index (χ1v) is 11.4. The Morgan fingerprint density at radius 3 is 2.54 bits per heavy atom. The second-order valence-corrected chi connectivity index (χ2v) is 8.70. The van der Waals surface area contributed by atoms with Crippen molar-refractivity contribution in [1.82, 2.24) is 9.80 Å². The van der Waals surface area contributed by atoms with Gasteiger partial charge in [-0.05, 0) is 47.9 Å². The van der Waals surface area contributed by atoms with Crippen LogP contribution in [0, 0.1) is 11.7 Å². The molecule has 3 amide bonds. The molecule has 1 aliphatic heterocycles. The van der Waals surface area contributed by atoms with E-state index in [2.05, 4.69) is 5.32 Å². The zero-order valence-corrected chi connectivity index (χ0v) is 19.7. The number of amides is 3. The molecular formula is C26H28FN3O5. The van der Waals surface area contributed by atoms with Gasteiger partial charge in [-0.2, -0.15) is 0 Å². The third-order valence-electron chi connectivity index (χ3n) is 5.40. The number of halogens is 1. The van der Waals surface area contributed by atoms with Crippen LogP contribution in [-0.2, 0) is 17.9 Å². The summed E-state index contributed by atoms with van der Waals surface area (Å²) in [5.74, 6) is 1.18. The van der Waals surface area contributed by atoms with Crippen molar-refractivity contribution < 1.29 is 27.9 Å². The van der Waals surface area contributed by atoms with Crippen molar-refractivity contribution in [2.24, 2.45) is 5.92 Å². The Hall–Kier alpha value is -4.01. The number of para-hydroxylation sites is 1. The lowest BCUT2D eigenvalue weighted by atomic mass is 10.1. The van der Waals surface area contributed by atoms with Crippen LogP contribution in [0.25, 0.3) is 0 Å². The molecule has 0 saturated heterocycles. The van der Waals surface area contributed by atoms with E-state index >= 15 is 0 Å². The van der Waals surface area contributed by atoms with E-state index in [-0.39, 0.29) is 43.9 Å². The summed E-state index contributed by atoms with van der Waals surface area (Å²) >= 11 is 0. The second kappa shape index (κ2) is 10.9. The number of anilines is 1. The molecule has 1 aliphatic rings. The molecule has 0 bridgehead atoms. The standard InChI is InChI=1S/C26H28FN3O5/c1-18(2)13-30(26(32)28-22-8-4-3-7-21(22)27)16-25(31)29(15-20-6-5-11-33-20)14-19-9-10-23-24(12-19)35-17-34-23/h3-12,18H,13-17H2,1-2H3,(H,28,32). The molecule has 0 unspecified atom stereocenters. The first-order chi connectivity index (χ1) is 16.9. The number of nitrogens with one attached hydrogen (secondary N) is 1. The molecule has 35 heavy (non-hydrogen) atoms. The molecule has 2 aromatic carbocycles. The lowest BCUT2D eigenvalue weighted by molar-refractivity contribution is -0.133. The van der Waals surface area contributed by atoms with Crippen molar-refractivity contribution in [3.63, 3.8) is 0 Å². The van der Waals surface area contributed by atoms with E-state index in [0.717, 1.165) is 5.56 Å². The van der Waals surface area contributed by atoms with Gasteiger partial charge in [0.05, 0.1) is 18.5 Å². The molecular weight excluding hydrogens is 453 g/mol. The molecule has 4 rings (SSSR count). The topological polar surface area (TPSA) is 84.2 Å². The number of rotatable bonds is 9. The van der Waals surface area contributed by atoms with Crippen molar-refractivity contribution >= 4 is 17.6 Å². The Balaban J connectivity index is 1.51. The van der Waals surface area contributed by atoms with Crippen LogP contribution in [-0.4, -0.2) is 41.6 Å². The summed E-state index contributed by atoms with van der Waals surface area (Å²) in [6.07, 6.45) is 1.55. The molecule has 0 spiro atoms. The van der Waals surface area contributed by atoms with Crippen molar-refractivity contribution in [2.45, 2.75) is 26.9 Å². The van der Waals surface area contributed by atoms with Crippen molar-refractivity contribution in [2.75, 3.05) is 25.2 Å². The minimum absolute atomic E-state index is 0.0616. The zero-order valence-electron chi connectivity index (χ0n) is 19.7. The van der Waals surface area contributed by atoms with Crippen LogP contribution in [0.15, 0.2) is 65.3 Å². The van der Waals surface area contributed by atoms with E-state index in [0.29, 0.717) is 23.8 Å². The molecule has 3 aromatic rings. The molecule has 9 heteroatoms. The number of hydrogen-bond donors (Lipinski definition) is 1. The van der Waals surface area contributed by atoms with Gasteiger partial charge in [0.1, 0.15) is 18.1 Å². The summed E-state index contributed by atoms with van der Waals surface area (Å²) in [7, 11) is 0. The van der Waals surface area contributed by atoms with Crippen LogP contribution in [0.4, 0.5) is 14.9 Å². The highest BCUT2D eigenvalue weighted by Gasteiger charge is 2.24. The van der Waals surface area contributed by atoms with Gasteiger partial charge in [-0.15, -0.1) is 0 Å². The van der Waals surface area contributed by atoms with Gasteiger partial charge in [-0.25, -0.2) is 9.18 Å². The molecule has 184 valence electrons. The van der Waals surface area contributed by atoms with Gasteiger partial charge in [0.15, 0.2) is 11.5 Å². The number of carbonyl (C=O) groups is 2. The normalized spacial score (nSPS) is 12.0. The lowest BCUT2D eigenvalue weighted by Gasteiger charge is -2.28. The van der Waals surface area contributed by atoms with Gasteiger partial charge in [0.2, 0.25) is 12.7 Å². The fraction of sp³-hybridized carbons (Fsp3) is 0.308. The third kappa shape index (κ3) is 6.32. The predicted molar refractivity (Wildman–Crippen MR) is 127 cm³/mol. The number of urea groups is 1. The Labute approximate surface area is 203 Å². The number of fused-ring (bicyclic) bond motifs is 1. The van der Waals surface area contributed by atoms with Crippen molar-refractivity contribution in [3.8, 4) is 11.5 Å². The predicted octanol–water partition coefficient (Wildman–Crippen LogP) is 4.87. The Kier molecular flexibility index (Phi) is 7.54. The largest absolute Gasteiger partial charge is 0.467 e. The monoisotopic (exact) mass is 481 g/mol. The van der Waals surface area contributed by atoms with Crippen LogP contribution in [0.5, 0.6) is 11.5 Å². The average Bonchev–Trinajstić information content (AvgIpc) is 3.51. The number of furan rings is 1.